The monoisotopic (exact) mass is 461 g/mol. The highest BCUT2D eigenvalue weighted by molar-refractivity contribution is 6.01. The summed E-state index contributed by atoms with van der Waals surface area (Å²) < 4.78 is 9.10. The lowest BCUT2D eigenvalue weighted by Gasteiger charge is -2.53. The zero-order valence-electron chi connectivity index (χ0n) is 19.9. The molecule has 9 nitrogen and oxygen atoms in total. The first kappa shape index (κ1) is 22.5. The first-order chi connectivity index (χ1) is 16.7. The smallest absolute Gasteiger partial charge is 0.245 e. The van der Waals surface area contributed by atoms with Crippen molar-refractivity contribution in [2.24, 2.45) is 11.3 Å². The summed E-state index contributed by atoms with van der Waals surface area (Å²) in [7, 11) is 0. The molecule has 4 fully saturated rings. The molecule has 0 radical (unpaired) electrons. The van der Waals surface area contributed by atoms with Crippen LogP contribution in [0.1, 0.15) is 58.4 Å². The predicted molar refractivity (Wildman–Crippen MR) is 127 cm³/mol. The van der Waals surface area contributed by atoms with Gasteiger partial charge in [-0.25, -0.2) is 9.50 Å². The van der Waals surface area contributed by atoms with E-state index in [0.717, 1.165) is 37.1 Å². The first-order valence-corrected chi connectivity index (χ1v) is 12.3. The summed E-state index contributed by atoms with van der Waals surface area (Å²) in [6.07, 6.45) is 14.6. The van der Waals surface area contributed by atoms with Gasteiger partial charge in [-0.1, -0.05) is 33.1 Å². The molecule has 4 aliphatic rings. The van der Waals surface area contributed by atoms with Crippen LogP contribution in [0.2, 0.25) is 0 Å². The zero-order chi connectivity index (χ0) is 23.7. The van der Waals surface area contributed by atoms with Crippen molar-refractivity contribution < 1.29 is 9.53 Å². The van der Waals surface area contributed by atoms with Gasteiger partial charge in [-0.2, -0.15) is 15.5 Å². The van der Waals surface area contributed by atoms with E-state index in [1.807, 2.05) is 43.2 Å². The van der Waals surface area contributed by atoms with Crippen LogP contribution in [0.15, 0.2) is 30.9 Å². The van der Waals surface area contributed by atoms with E-state index in [2.05, 4.69) is 16.3 Å². The second kappa shape index (κ2) is 9.18. The maximum Gasteiger partial charge on any atom is 0.245 e. The summed E-state index contributed by atoms with van der Waals surface area (Å²) in [5, 5.41) is 18.1. The van der Waals surface area contributed by atoms with Gasteiger partial charge in [0.25, 0.3) is 0 Å². The van der Waals surface area contributed by atoms with Gasteiger partial charge in [0.1, 0.15) is 11.4 Å². The van der Waals surface area contributed by atoms with Gasteiger partial charge in [0.15, 0.2) is 5.82 Å². The first-order valence-electron chi connectivity index (χ1n) is 12.3. The van der Waals surface area contributed by atoms with Crippen LogP contribution in [0.3, 0.4) is 0 Å². The van der Waals surface area contributed by atoms with Crippen molar-refractivity contribution in [3.8, 4) is 17.3 Å². The van der Waals surface area contributed by atoms with Gasteiger partial charge in [-0.05, 0) is 25.3 Å². The van der Waals surface area contributed by atoms with Gasteiger partial charge in [0, 0.05) is 23.7 Å². The number of aromatic nitrogens is 5. The van der Waals surface area contributed by atoms with E-state index in [0.29, 0.717) is 35.9 Å². The molecule has 2 aliphatic carbocycles. The standard InChI is InChI=1S/C20H19N7O2.C3H6.C2H6/c21-7-13-2-4-25(19(13)28)18-17-1-3-22-27(17)10-16(24-18)14-8-23-26(9-14)15-5-20(6-15)11-29-12-20;1-2-3-1;1-2/h1,3,8-10,13,15H,2,4-6,11-12H2;1-3H2;1-2H3. The van der Waals surface area contributed by atoms with Gasteiger partial charge < -0.3 is 4.74 Å². The molecule has 0 N–H and O–H groups in total. The minimum atomic E-state index is -0.604. The number of ether oxygens (including phenoxy) is 1. The lowest BCUT2D eigenvalue weighted by atomic mass is 9.64. The number of rotatable bonds is 3. The Morgan fingerprint density at radius 1 is 1.15 bits per heavy atom. The largest absolute Gasteiger partial charge is 0.380 e. The molecule has 1 atom stereocenters. The number of hydrogen-bond donors (Lipinski definition) is 0. The van der Waals surface area contributed by atoms with Crippen molar-refractivity contribution in [2.45, 2.75) is 58.4 Å². The van der Waals surface area contributed by atoms with Crippen LogP contribution in [0.5, 0.6) is 0 Å². The number of carbonyl (C=O) groups excluding carboxylic acids is 1. The number of nitriles is 1. The molecule has 1 spiro atoms. The third kappa shape index (κ3) is 4.07. The van der Waals surface area contributed by atoms with Crippen molar-refractivity contribution in [3.63, 3.8) is 0 Å². The fraction of sp³-hybridized carbons (Fsp3) is 0.560. The summed E-state index contributed by atoms with van der Waals surface area (Å²) in [4.78, 5) is 19.0. The van der Waals surface area contributed by atoms with Gasteiger partial charge in [0.2, 0.25) is 5.91 Å². The highest BCUT2D eigenvalue weighted by atomic mass is 16.5. The van der Waals surface area contributed by atoms with Crippen LogP contribution in [0, 0.1) is 22.7 Å². The molecule has 178 valence electrons. The molecule has 9 heteroatoms. The Kier molecular flexibility index (Phi) is 6.09. The van der Waals surface area contributed by atoms with E-state index >= 15 is 0 Å². The fourth-order valence-corrected chi connectivity index (χ4v) is 4.68. The van der Waals surface area contributed by atoms with Crippen molar-refractivity contribution in [3.05, 3.63) is 30.9 Å². The van der Waals surface area contributed by atoms with E-state index in [1.165, 1.54) is 19.3 Å². The molecule has 2 aliphatic heterocycles. The quantitative estimate of drug-likeness (QED) is 0.584. The Hall–Kier alpha value is -3.25. The average Bonchev–Trinajstić information content (AvgIpc) is 3.32. The molecule has 34 heavy (non-hydrogen) atoms. The number of hydrogen-bond acceptors (Lipinski definition) is 6. The summed E-state index contributed by atoms with van der Waals surface area (Å²) in [5.41, 5.74) is 2.72. The van der Waals surface area contributed by atoms with E-state index < -0.39 is 5.92 Å². The minimum absolute atomic E-state index is 0.196. The van der Waals surface area contributed by atoms with Gasteiger partial charge in [0.05, 0.1) is 49.6 Å². The summed E-state index contributed by atoms with van der Waals surface area (Å²) >= 11 is 0. The Morgan fingerprint density at radius 3 is 2.53 bits per heavy atom. The van der Waals surface area contributed by atoms with Crippen LogP contribution in [-0.2, 0) is 9.53 Å². The molecular formula is C25H31N7O2. The Balaban J connectivity index is 0.000000439. The summed E-state index contributed by atoms with van der Waals surface area (Å²) in [6.45, 7) is 6.22. The molecular weight excluding hydrogens is 430 g/mol. The fourth-order valence-electron chi connectivity index (χ4n) is 4.68. The second-order valence-corrected chi connectivity index (χ2v) is 9.40. The van der Waals surface area contributed by atoms with Crippen molar-refractivity contribution in [1.29, 1.82) is 5.26 Å². The number of carbonyl (C=O) groups is 1. The lowest BCUT2D eigenvalue weighted by molar-refractivity contribution is -0.175. The highest BCUT2D eigenvalue weighted by Crippen LogP contribution is 2.52. The zero-order valence-corrected chi connectivity index (χ0v) is 19.9. The third-order valence-electron chi connectivity index (χ3n) is 6.77. The number of anilines is 1. The molecule has 3 aromatic heterocycles. The molecule has 1 amide bonds. The van der Waals surface area contributed by atoms with E-state index in [-0.39, 0.29) is 5.91 Å². The van der Waals surface area contributed by atoms with E-state index in [1.54, 1.807) is 15.6 Å². The maximum absolute atomic E-state index is 12.6. The van der Waals surface area contributed by atoms with E-state index in [4.69, 9.17) is 9.72 Å². The van der Waals surface area contributed by atoms with Gasteiger partial charge >= 0.3 is 0 Å². The molecule has 7 rings (SSSR count). The Morgan fingerprint density at radius 2 is 1.91 bits per heavy atom. The van der Waals surface area contributed by atoms with Crippen LogP contribution >= 0.6 is 0 Å². The predicted octanol–water partition coefficient (Wildman–Crippen LogP) is 4.02. The Bertz CT molecular complexity index is 1210. The molecule has 5 heterocycles. The van der Waals surface area contributed by atoms with Crippen molar-refractivity contribution in [2.75, 3.05) is 24.7 Å². The van der Waals surface area contributed by atoms with Crippen molar-refractivity contribution in [1.82, 2.24) is 24.4 Å². The normalized spacial score (nSPS) is 22.2. The third-order valence-corrected chi connectivity index (χ3v) is 6.77. The minimum Gasteiger partial charge on any atom is -0.380 e. The second-order valence-electron chi connectivity index (χ2n) is 9.40. The molecule has 2 saturated heterocycles. The summed E-state index contributed by atoms with van der Waals surface area (Å²) in [6, 6.07) is 4.31. The van der Waals surface area contributed by atoms with Crippen LogP contribution in [0.25, 0.3) is 16.8 Å². The number of fused-ring (bicyclic) bond motifs is 1. The Labute approximate surface area is 199 Å². The molecule has 1 unspecified atom stereocenters. The molecule has 0 bridgehead atoms. The number of amides is 1. The lowest BCUT2D eigenvalue weighted by Crippen LogP contribution is -2.52. The van der Waals surface area contributed by atoms with Crippen LogP contribution in [-0.4, -0.2) is 50.0 Å². The van der Waals surface area contributed by atoms with Gasteiger partial charge in [-0.15, -0.1) is 0 Å². The highest BCUT2D eigenvalue weighted by Gasteiger charge is 2.50. The van der Waals surface area contributed by atoms with E-state index in [9.17, 15) is 10.1 Å². The van der Waals surface area contributed by atoms with Crippen LogP contribution < -0.4 is 4.90 Å². The molecule has 0 aromatic carbocycles. The molecule has 3 aromatic rings. The SMILES string of the molecule is C1CC1.CC.N#CC1CCN(c2nc(-c3cnn(C4CC5(COC5)C4)c3)cn3nccc23)C1=O. The molecule has 2 saturated carbocycles. The maximum atomic E-state index is 12.6. The van der Waals surface area contributed by atoms with Crippen LogP contribution in [0.4, 0.5) is 5.82 Å². The number of nitrogens with zero attached hydrogens (tertiary/aromatic N) is 7. The summed E-state index contributed by atoms with van der Waals surface area (Å²) in [5.74, 6) is -0.254. The van der Waals surface area contributed by atoms with Gasteiger partial charge in [-0.3, -0.25) is 14.4 Å². The topological polar surface area (TPSA) is 101 Å². The average molecular weight is 462 g/mol. The van der Waals surface area contributed by atoms with Crippen molar-refractivity contribution >= 4 is 17.2 Å².